The second-order valence-corrected chi connectivity index (χ2v) is 10.8. The van der Waals surface area contributed by atoms with Crippen LogP contribution < -0.4 is 15.0 Å². The third kappa shape index (κ3) is 8.00. The van der Waals surface area contributed by atoms with Gasteiger partial charge in [0.25, 0.3) is 5.91 Å². The number of carboxylic acid groups (broad SMARTS) is 2. The van der Waals surface area contributed by atoms with E-state index in [0.717, 1.165) is 5.69 Å². The number of amides is 3. The molecule has 14 nitrogen and oxygen atoms in total. The Morgan fingerprint density at radius 2 is 1.61 bits per heavy atom. The predicted molar refractivity (Wildman–Crippen MR) is 167 cm³/mol. The van der Waals surface area contributed by atoms with Gasteiger partial charge in [-0.3, -0.25) is 14.4 Å². The maximum absolute atomic E-state index is 13.2. The lowest BCUT2D eigenvalue weighted by Crippen LogP contribution is -2.53. The van der Waals surface area contributed by atoms with Gasteiger partial charge in [0.05, 0.1) is 12.1 Å². The highest BCUT2D eigenvalue weighted by Crippen LogP contribution is 2.33. The Morgan fingerprint density at radius 3 is 2.22 bits per heavy atom. The second-order valence-electron chi connectivity index (χ2n) is 10.8. The van der Waals surface area contributed by atoms with E-state index in [0.29, 0.717) is 16.5 Å². The Morgan fingerprint density at radius 1 is 0.935 bits per heavy atom. The van der Waals surface area contributed by atoms with Gasteiger partial charge in [-0.25, -0.2) is 14.6 Å². The molecule has 0 bridgehead atoms. The summed E-state index contributed by atoms with van der Waals surface area (Å²) in [7, 11) is 3.69. The van der Waals surface area contributed by atoms with E-state index in [1.165, 1.54) is 15.9 Å². The lowest BCUT2D eigenvalue weighted by atomic mass is 10.0. The Hall–Kier alpha value is -5.40. The van der Waals surface area contributed by atoms with E-state index in [-0.39, 0.29) is 57.2 Å². The van der Waals surface area contributed by atoms with E-state index < -0.39 is 41.9 Å². The minimum atomic E-state index is -1.41. The lowest BCUT2D eigenvalue weighted by Gasteiger charge is -2.35. The number of piperazine rings is 1. The molecular weight excluding hydrogens is 598 g/mol. The van der Waals surface area contributed by atoms with Crippen LogP contribution in [0.1, 0.15) is 35.5 Å². The average molecular weight is 636 g/mol. The number of carbonyl (C=O) groups excluding carboxylic acids is 3. The SMILES string of the molecule is CCOC(=O)N1CCN(C(=O)C(CCNC(=O)c2cc(OC(C(=O)O)c3ccccc3)c3cc(N(C)C)ccc3n2)C(=O)O)CC1. The zero-order chi connectivity index (χ0) is 33.4. The molecule has 14 heteroatoms. The second kappa shape index (κ2) is 15.1. The highest BCUT2D eigenvalue weighted by Gasteiger charge is 2.33. The summed E-state index contributed by atoms with van der Waals surface area (Å²) in [4.78, 5) is 71.6. The zero-order valence-corrected chi connectivity index (χ0v) is 25.8. The Bertz CT molecular complexity index is 1590. The quantitative estimate of drug-likeness (QED) is 0.249. The maximum atomic E-state index is 13.2. The van der Waals surface area contributed by atoms with Gasteiger partial charge in [-0.05, 0) is 31.5 Å². The molecule has 3 aromatic rings. The molecule has 1 aliphatic heterocycles. The number of pyridine rings is 1. The number of aliphatic carboxylic acids is 2. The van der Waals surface area contributed by atoms with Gasteiger partial charge in [0.1, 0.15) is 17.4 Å². The topological polar surface area (TPSA) is 179 Å². The fourth-order valence-corrected chi connectivity index (χ4v) is 5.01. The zero-order valence-electron chi connectivity index (χ0n) is 25.8. The molecule has 3 N–H and O–H groups in total. The number of benzene rings is 2. The Kier molecular flexibility index (Phi) is 11.0. The molecule has 0 radical (unpaired) electrons. The molecule has 4 rings (SSSR count). The molecule has 1 aromatic heterocycles. The van der Waals surface area contributed by atoms with E-state index in [1.807, 2.05) is 19.0 Å². The molecule has 244 valence electrons. The van der Waals surface area contributed by atoms with Crippen molar-refractivity contribution in [1.82, 2.24) is 20.1 Å². The number of fused-ring (bicyclic) bond motifs is 1. The molecule has 2 atom stereocenters. The largest absolute Gasteiger partial charge is 0.481 e. The highest BCUT2D eigenvalue weighted by molar-refractivity contribution is 5.99. The Balaban J connectivity index is 1.49. The van der Waals surface area contributed by atoms with Crippen LogP contribution in [0.3, 0.4) is 0 Å². The van der Waals surface area contributed by atoms with E-state index in [9.17, 15) is 34.2 Å². The number of ether oxygens (including phenoxy) is 2. The minimum absolute atomic E-state index is 0.0782. The van der Waals surface area contributed by atoms with Crippen molar-refractivity contribution in [1.29, 1.82) is 0 Å². The summed E-state index contributed by atoms with van der Waals surface area (Å²) in [5, 5.41) is 22.9. The van der Waals surface area contributed by atoms with E-state index in [1.54, 1.807) is 55.5 Å². The third-order valence-corrected chi connectivity index (χ3v) is 7.51. The molecule has 1 aliphatic rings. The van der Waals surface area contributed by atoms with Crippen LogP contribution in [0.15, 0.2) is 54.6 Å². The maximum Gasteiger partial charge on any atom is 0.409 e. The number of hydrogen-bond acceptors (Lipinski definition) is 9. The molecule has 1 saturated heterocycles. The van der Waals surface area contributed by atoms with Gasteiger partial charge >= 0.3 is 18.0 Å². The molecule has 1 fully saturated rings. The molecule has 0 spiro atoms. The average Bonchev–Trinajstić information content (AvgIpc) is 3.05. The first-order valence-electron chi connectivity index (χ1n) is 14.8. The predicted octanol–water partition coefficient (Wildman–Crippen LogP) is 2.63. The van der Waals surface area contributed by atoms with Crippen molar-refractivity contribution in [3.8, 4) is 5.75 Å². The normalized spacial score (nSPS) is 14.2. The van der Waals surface area contributed by atoms with Crippen LogP contribution in [0.5, 0.6) is 5.75 Å². The molecule has 2 unspecified atom stereocenters. The van der Waals surface area contributed by atoms with E-state index in [4.69, 9.17) is 9.47 Å². The fraction of sp³-hybridized carbons (Fsp3) is 0.375. The van der Waals surface area contributed by atoms with Crippen LogP contribution in [0.25, 0.3) is 10.9 Å². The van der Waals surface area contributed by atoms with Crippen molar-refractivity contribution < 1.29 is 43.7 Å². The molecule has 2 aromatic carbocycles. The first-order chi connectivity index (χ1) is 22.0. The summed E-state index contributed by atoms with van der Waals surface area (Å²) in [6, 6.07) is 15.0. The first-order valence-corrected chi connectivity index (χ1v) is 14.8. The van der Waals surface area contributed by atoms with Crippen molar-refractivity contribution >= 4 is 46.4 Å². The summed E-state index contributed by atoms with van der Waals surface area (Å²) >= 11 is 0. The van der Waals surface area contributed by atoms with Crippen molar-refractivity contribution in [3.05, 3.63) is 65.9 Å². The first kappa shape index (κ1) is 33.5. The van der Waals surface area contributed by atoms with Gasteiger partial charge in [-0.15, -0.1) is 0 Å². The van der Waals surface area contributed by atoms with Gasteiger partial charge in [0, 0.05) is 69.5 Å². The van der Waals surface area contributed by atoms with Crippen LogP contribution >= 0.6 is 0 Å². The van der Waals surface area contributed by atoms with Crippen LogP contribution in [-0.4, -0.2) is 108 Å². The standard InChI is InChI=1S/C32H37N5O9/c1-4-45-32(44)37-16-14-36(15-17-37)29(39)22(30(40)41)12-13-33-28(38)25-19-26(23-18-21(35(2)3)10-11-24(23)34-25)46-27(31(42)43)20-8-6-5-7-9-20/h5-11,18-19,22,27H,4,12-17H2,1-3H3,(H,33,38)(H,40,41)(H,42,43). The van der Waals surface area contributed by atoms with Crippen molar-refractivity contribution in [3.63, 3.8) is 0 Å². The number of carbonyl (C=O) groups is 5. The van der Waals surface area contributed by atoms with E-state index >= 15 is 0 Å². The minimum Gasteiger partial charge on any atom is -0.481 e. The van der Waals surface area contributed by atoms with Gasteiger partial charge in [-0.1, -0.05) is 30.3 Å². The summed E-state index contributed by atoms with van der Waals surface area (Å²) in [5.41, 5.74) is 1.51. The van der Waals surface area contributed by atoms with Gasteiger partial charge in [0.2, 0.25) is 12.0 Å². The summed E-state index contributed by atoms with van der Waals surface area (Å²) < 4.78 is 11.0. The Labute approximate surface area is 265 Å². The van der Waals surface area contributed by atoms with Crippen LogP contribution in [0, 0.1) is 5.92 Å². The molecule has 3 amide bonds. The number of carboxylic acids is 2. The van der Waals surface area contributed by atoms with Crippen molar-refractivity contribution in [2.45, 2.75) is 19.4 Å². The smallest absolute Gasteiger partial charge is 0.409 e. The number of hydrogen-bond donors (Lipinski definition) is 3. The van der Waals surface area contributed by atoms with Crippen molar-refractivity contribution in [2.75, 3.05) is 58.3 Å². The van der Waals surface area contributed by atoms with Gasteiger partial charge in [-0.2, -0.15) is 0 Å². The van der Waals surface area contributed by atoms with Gasteiger partial charge in [0.15, 0.2) is 0 Å². The van der Waals surface area contributed by atoms with Crippen LogP contribution in [0.2, 0.25) is 0 Å². The van der Waals surface area contributed by atoms with Crippen LogP contribution in [-0.2, 0) is 19.1 Å². The lowest BCUT2D eigenvalue weighted by molar-refractivity contribution is -0.152. The number of nitrogens with one attached hydrogen (secondary N) is 1. The third-order valence-electron chi connectivity index (χ3n) is 7.51. The summed E-state index contributed by atoms with van der Waals surface area (Å²) in [5.74, 6) is -5.11. The summed E-state index contributed by atoms with van der Waals surface area (Å²) in [6.07, 6.45) is -2.04. The van der Waals surface area contributed by atoms with Gasteiger partial charge < -0.3 is 39.7 Å². The van der Waals surface area contributed by atoms with Crippen molar-refractivity contribution in [2.24, 2.45) is 5.92 Å². The molecule has 0 saturated carbocycles. The summed E-state index contributed by atoms with van der Waals surface area (Å²) in [6.45, 7) is 2.52. The molecule has 2 heterocycles. The molecular formula is C32H37N5O9. The number of anilines is 1. The highest BCUT2D eigenvalue weighted by atomic mass is 16.6. The van der Waals surface area contributed by atoms with E-state index in [2.05, 4.69) is 10.3 Å². The van der Waals surface area contributed by atoms with Crippen LogP contribution in [0.4, 0.5) is 10.5 Å². The molecule has 0 aliphatic carbocycles. The molecule has 46 heavy (non-hydrogen) atoms. The number of rotatable bonds is 12. The fourth-order valence-electron chi connectivity index (χ4n) is 5.01. The monoisotopic (exact) mass is 635 g/mol. The number of aromatic nitrogens is 1. The number of nitrogens with zero attached hydrogens (tertiary/aromatic N) is 4.